The molecule has 0 fully saturated rings. The number of anilines is 1. The maximum atomic E-state index is 13.2. The van der Waals surface area contributed by atoms with Crippen LogP contribution in [0.4, 0.5) is 10.1 Å². The van der Waals surface area contributed by atoms with Gasteiger partial charge in [0.05, 0.1) is 11.3 Å². The second-order valence-electron chi connectivity index (χ2n) is 4.49. The lowest BCUT2D eigenvalue weighted by molar-refractivity contribution is 0.0933. The number of carbonyl (C=O) groups is 1. The van der Waals surface area contributed by atoms with E-state index in [1.54, 1.807) is 0 Å². The zero-order valence-corrected chi connectivity index (χ0v) is 12.2. The third kappa shape index (κ3) is 3.96. The molecule has 1 aromatic rings. The topological polar surface area (TPSA) is 58.4 Å². The van der Waals surface area contributed by atoms with E-state index in [9.17, 15) is 9.18 Å². The van der Waals surface area contributed by atoms with Crippen LogP contribution in [0.2, 0.25) is 0 Å². The van der Waals surface area contributed by atoms with Gasteiger partial charge in [-0.25, -0.2) is 4.39 Å². The lowest BCUT2D eigenvalue weighted by Crippen LogP contribution is -2.39. The van der Waals surface area contributed by atoms with Gasteiger partial charge in [-0.05, 0) is 49.1 Å². The molecule has 0 aliphatic rings. The van der Waals surface area contributed by atoms with Gasteiger partial charge >= 0.3 is 0 Å². The first-order chi connectivity index (χ1) is 8.31. The Morgan fingerprint density at radius 3 is 2.72 bits per heavy atom. The second kappa shape index (κ2) is 6.15. The Balaban J connectivity index is 2.82. The molecule has 1 amide bonds. The molecule has 0 saturated heterocycles. The first kappa shape index (κ1) is 14.9. The van der Waals surface area contributed by atoms with Crippen LogP contribution in [0.15, 0.2) is 16.6 Å². The molecule has 100 valence electrons. The van der Waals surface area contributed by atoms with Gasteiger partial charge in [0.15, 0.2) is 0 Å². The molecule has 0 bridgehead atoms. The van der Waals surface area contributed by atoms with Gasteiger partial charge in [0.25, 0.3) is 5.91 Å². The number of rotatable bonds is 4. The van der Waals surface area contributed by atoms with Gasteiger partial charge in [0.1, 0.15) is 5.82 Å². The van der Waals surface area contributed by atoms with Crippen molar-refractivity contribution in [1.29, 1.82) is 0 Å². The molecule has 0 heterocycles. The fourth-order valence-corrected chi connectivity index (χ4v) is 2.13. The number of likely N-dealkylation sites (N-methyl/N-ethyl adjacent to an activating group) is 1. The Kier molecular flexibility index (Phi) is 5.10. The predicted molar refractivity (Wildman–Crippen MR) is 74.0 cm³/mol. The molecule has 0 spiro atoms. The van der Waals surface area contributed by atoms with Crippen LogP contribution in [-0.4, -0.2) is 37.5 Å². The molecule has 1 aromatic carbocycles. The summed E-state index contributed by atoms with van der Waals surface area (Å²) in [6.45, 7) is 2.62. The van der Waals surface area contributed by atoms with Crippen LogP contribution in [0.3, 0.4) is 0 Å². The zero-order chi connectivity index (χ0) is 13.9. The van der Waals surface area contributed by atoms with Crippen LogP contribution >= 0.6 is 15.9 Å². The largest absolute Gasteiger partial charge is 0.396 e. The van der Waals surface area contributed by atoms with E-state index in [1.807, 2.05) is 25.9 Å². The van der Waals surface area contributed by atoms with Crippen molar-refractivity contribution in [3.63, 3.8) is 0 Å². The van der Waals surface area contributed by atoms with Gasteiger partial charge in [-0.1, -0.05) is 0 Å². The fraction of sp³-hybridized carbons (Fsp3) is 0.417. The van der Waals surface area contributed by atoms with E-state index in [-0.39, 0.29) is 17.6 Å². The summed E-state index contributed by atoms with van der Waals surface area (Å²) in [5.41, 5.74) is 5.75. The minimum atomic E-state index is -0.542. The number of nitrogens with one attached hydrogen (secondary N) is 1. The fourth-order valence-electron chi connectivity index (χ4n) is 1.63. The average molecular weight is 318 g/mol. The summed E-state index contributed by atoms with van der Waals surface area (Å²) in [4.78, 5) is 14.0. The highest BCUT2D eigenvalue weighted by molar-refractivity contribution is 9.10. The molecule has 0 saturated carbocycles. The van der Waals surface area contributed by atoms with Crippen molar-refractivity contribution < 1.29 is 9.18 Å². The molecule has 0 aliphatic heterocycles. The molecule has 0 aromatic heterocycles. The van der Waals surface area contributed by atoms with E-state index < -0.39 is 5.82 Å². The lowest BCUT2D eigenvalue weighted by Gasteiger charge is -2.18. The highest BCUT2D eigenvalue weighted by atomic mass is 79.9. The Morgan fingerprint density at radius 1 is 1.56 bits per heavy atom. The smallest absolute Gasteiger partial charge is 0.252 e. The highest BCUT2D eigenvalue weighted by Gasteiger charge is 2.15. The Morgan fingerprint density at radius 2 is 2.17 bits per heavy atom. The average Bonchev–Trinajstić information content (AvgIpc) is 2.21. The van der Waals surface area contributed by atoms with Gasteiger partial charge in [-0.2, -0.15) is 0 Å². The van der Waals surface area contributed by atoms with Crippen molar-refractivity contribution in [2.45, 2.75) is 13.0 Å². The molecule has 1 unspecified atom stereocenters. The van der Waals surface area contributed by atoms with Crippen LogP contribution in [0.5, 0.6) is 0 Å². The minimum Gasteiger partial charge on any atom is -0.396 e. The number of amides is 1. The summed E-state index contributed by atoms with van der Waals surface area (Å²) in [6, 6.07) is 2.52. The standard InChI is InChI=1S/C12H17BrFN3O/c1-7(6-17(2)3)16-12(18)8-4-11(15)10(14)5-9(8)13/h4-5,7H,6,15H2,1-3H3,(H,16,18). The monoisotopic (exact) mass is 317 g/mol. The first-order valence-corrected chi connectivity index (χ1v) is 6.30. The minimum absolute atomic E-state index is 0.00863. The van der Waals surface area contributed by atoms with Crippen molar-refractivity contribution in [2.75, 3.05) is 26.4 Å². The zero-order valence-electron chi connectivity index (χ0n) is 10.6. The lowest BCUT2D eigenvalue weighted by atomic mass is 10.1. The number of hydrogen-bond donors (Lipinski definition) is 2. The van der Waals surface area contributed by atoms with Crippen LogP contribution in [0, 0.1) is 5.82 Å². The Bertz CT molecular complexity index is 451. The molecule has 3 N–H and O–H groups in total. The first-order valence-electron chi connectivity index (χ1n) is 5.51. The molecular formula is C12H17BrFN3O. The molecule has 0 aliphatic carbocycles. The summed E-state index contributed by atoms with van der Waals surface area (Å²) in [7, 11) is 3.85. The van der Waals surface area contributed by atoms with Gasteiger partial charge < -0.3 is 16.0 Å². The molecule has 0 radical (unpaired) electrons. The third-order valence-corrected chi connectivity index (χ3v) is 3.00. The van der Waals surface area contributed by atoms with Crippen molar-refractivity contribution in [3.8, 4) is 0 Å². The SMILES string of the molecule is CC(CN(C)C)NC(=O)c1cc(N)c(F)cc1Br. The number of carbonyl (C=O) groups excluding carboxylic acids is 1. The number of halogens is 2. The van der Waals surface area contributed by atoms with Gasteiger partial charge in [0.2, 0.25) is 0 Å². The molecule has 1 atom stereocenters. The van der Waals surface area contributed by atoms with E-state index >= 15 is 0 Å². The van der Waals surface area contributed by atoms with Crippen molar-refractivity contribution in [3.05, 3.63) is 28.0 Å². The predicted octanol–water partition coefficient (Wildman–Crippen LogP) is 1.85. The molecule has 6 heteroatoms. The number of nitrogens with zero attached hydrogens (tertiary/aromatic N) is 1. The van der Waals surface area contributed by atoms with Crippen LogP contribution in [0.1, 0.15) is 17.3 Å². The highest BCUT2D eigenvalue weighted by Crippen LogP contribution is 2.22. The molecule has 1 rings (SSSR count). The molecular weight excluding hydrogens is 301 g/mol. The van der Waals surface area contributed by atoms with E-state index in [0.29, 0.717) is 10.0 Å². The van der Waals surface area contributed by atoms with Gasteiger partial charge in [-0.15, -0.1) is 0 Å². The quantitative estimate of drug-likeness (QED) is 0.833. The van der Waals surface area contributed by atoms with Crippen LogP contribution < -0.4 is 11.1 Å². The maximum Gasteiger partial charge on any atom is 0.252 e. The van der Waals surface area contributed by atoms with E-state index in [2.05, 4.69) is 21.2 Å². The van der Waals surface area contributed by atoms with Crippen LogP contribution in [-0.2, 0) is 0 Å². The van der Waals surface area contributed by atoms with Gasteiger partial charge in [0, 0.05) is 17.1 Å². The Hall–Kier alpha value is -1.14. The Labute approximate surface area is 114 Å². The van der Waals surface area contributed by atoms with E-state index in [0.717, 1.165) is 6.54 Å². The van der Waals surface area contributed by atoms with Crippen LogP contribution in [0.25, 0.3) is 0 Å². The van der Waals surface area contributed by atoms with Crippen molar-refractivity contribution >= 4 is 27.5 Å². The summed E-state index contributed by atoms with van der Waals surface area (Å²) < 4.78 is 13.6. The summed E-state index contributed by atoms with van der Waals surface area (Å²) in [6.07, 6.45) is 0. The number of nitrogen functional groups attached to an aromatic ring is 1. The number of hydrogen-bond acceptors (Lipinski definition) is 3. The maximum absolute atomic E-state index is 13.2. The summed E-state index contributed by atoms with van der Waals surface area (Å²) >= 11 is 3.16. The van der Waals surface area contributed by atoms with Crippen molar-refractivity contribution in [1.82, 2.24) is 10.2 Å². The van der Waals surface area contributed by atoms with E-state index in [1.165, 1.54) is 12.1 Å². The van der Waals surface area contributed by atoms with E-state index in [4.69, 9.17) is 5.73 Å². The molecule has 18 heavy (non-hydrogen) atoms. The summed E-state index contributed by atoms with van der Waals surface area (Å²) in [5, 5.41) is 2.83. The second-order valence-corrected chi connectivity index (χ2v) is 5.34. The normalized spacial score (nSPS) is 12.6. The number of benzene rings is 1. The number of nitrogens with two attached hydrogens (primary N) is 1. The third-order valence-electron chi connectivity index (χ3n) is 2.35. The summed E-state index contributed by atoms with van der Waals surface area (Å²) in [5.74, 6) is -0.817. The molecule has 4 nitrogen and oxygen atoms in total. The van der Waals surface area contributed by atoms with Gasteiger partial charge in [-0.3, -0.25) is 4.79 Å². The van der Waals surface area contributed by atoms with Crippen molar-refractivity contribution in [2.24, 2.45) is 0 Å².